The topological polar surface area (TPSA) is 86.9 Å². The minimum Gasteiger partial charge on any atom is -0.493 e. The fourth-order valence-electron chi connectivity index (χ4n) is 2.39. The first-order valence-corrected chi connectivity index (χ1v) is 7.93. The van der Waals surface area contributed by atoms with Gasteiger partial charge in [-0.25, -0.2) is 0 Å². The molecule has 0 aliphatic rings. The maximum atomic E-state index is 11.9. The number of esters is 1. The Hall–Kier alpha value is -2.61. The lowest BCUT2D eigenvalue weighted by Crippen LogP contribution is -2.30. The molecule has 25 heavy (non-hydrogen) atoms. The normalized spacial score (nSPS) is 10.8. The van der Waals surface area contributed by atoms with E-state index >= 15 is 0 Å². The highest BCUT2D eigenvalue weighted by Crippen LogP contribution is 2.28. The number of nitrogens with zero attached hydrogens (tertiary/aromatic N) is 3. The van der Waals surface area contributed by atoms with E-state index in [0.717, 1.165) is 5.56 Å². The summed E-state index contributed by atoms with van der Waals surface area (Å²) >= 11 is 0. The first-order chi connectivity index (χ1) is 12.0. The molecule has 136 valence electrons. The summed E-state index contributed by atoms with van der Waals surface area (Å²) in [5.74, 6) is 1.97. The molecule has 0 bridgehead atoms. The number of hydrogen-bond acceptors (Lipinski definition) is 8. The van der Waals surface area contributed by atoms with Crippen molar-refractivity contribution in [1.82, 2.24) is 15.0 Å². The van der Waals surface area contributed by atoms with Gasteiger partial charge in [-0.3, -0.25) is 9.69 Å². The van der Waals surface area contributed by atoms with Gasteiger partial charge in [-0.1, -0.05) is 11.2 Å². The van der Waals surface area contributed by atoms with Crippen molar-refractivity contribution in [1.29, 1.82) is 0 Å². The second kappa shape index (κ2) is 9.03. The van der Waals surface area contributed by atoms with Crippen molar-refractivity contribution in [2.45, 2.75) is 26.9 Å². The second-order valence-corrected chi connectivity index (χ2v) is 5.37. The minimum absolute atomic E-state index is 0.115. The van der Waals surface area contributed by atoms with Gasteiger partial charge in [0, 0.05) is 6.54 Å². The van der Waals surface area contributed by atoms with Crippen LogP contribution >= 0.6 is 0 Å². The Balaban J connectivity index is 2.15. The molecule has 0 spiro atoms. The summed E-state index contributed by atoms with van der Waals surface area (Å²) in [5, 5.41) is 3.78. The van der Waals surface area contributed by atoms with Gasteiger partial charge >= 0.3 is 5.97 Å². The van der Waals surface area contributed by atoms with Gasteiger partial charge in [-0.05, 0) is 31.5 Å². The largest absolute Gasteiger partial charge is 0.493 e. The summed E-state index contributed by atoms with van der Waals surface area (Å²) in [7, 11) is 3.17. The van der Waals surface area contributed by atoms with Gasteiger partial charge in [0.2, 0.25) is 5.89 Å². The average Bonchev–Trinajstić information content (AvgIpc) is 2.99. The molecule has 1 aromatic carbocycles. The van der Waals surface area contributed by atoms with Gasteiger partial charge in [0.05, 0.1) is 33.9 Å². The van der Waals surface area contributed by atoms with E-state index in [9.17, 15) is 4.79 Å². The van der Waals surface area contributed by atoms with Crippen molar-refractivity contribution in [2.24, 2.45) is 0 Å². The Morgan fingerprint density at radius 2 is 1.96 bits per heavy atom. The SMILES string of the molecule is CCOC(=O)CN(Cc1ccc(OC)c(OC)c1)Cc1nc(C)no1. The molecule has 0 aliphatic heterocycles. The number of aromatic nitrogens is 2. The van der Waals surface area contributed by atoms with Crippen molar-refractivity contribution in [3.63, 3.8) is 0 Å². The third-order valence-corrected chi connectivity index (χ3v) is 3.44. The molecule has 1 aromatic heterocycles. The molecule has 0 unspecified atom stereocenters. The summed E-state index contributed by atoms with van der Waals surface area (Å²) in [6.45, 7) is 4.80. The number of carbonyl (C=O) groups excluding carboxylic acids is 1. The molecule has 0 amide bonds. The summed E-state index contributed by atoms with van der Waals surface area (Å²) in [6.07, 6.45) is 0. The lowest BCUT2D eigenvalue weighted by molar-refractivity contribution is -0.144. The van der Waals surface area contributed by atoms with E-state index in [1.54, 1.807) is 28.1 Å². The van der Waals surface area contributed by atoms with Crippen LogP contribution in [0, 0.1) is 6.92 Å². The number of rotatable bonds is 9. The van der Waals surface area contributed by atoms with Crippen LogP contribution in [0.25, 0.3) is 0 Å². The van der Waals surface area contributed by atoms with Crippen LogP contribution in [-0.2, 0) is 22.6 Å². The van der Waals surface area contributed by atoms with Crippen molar-refractivity contribution in [3.8, 4) is 11.5 Å². The number of hydrogen-bond donors (Lipinski definition) is 0. The van der Waals surface area contributed by atoms with Gasteiger partial charge in [0.15, 0.2) is 17.3 Å². The lowest BCUT2D eigenvalue weighted by Gasteiger charge is -2.20. The van der Waals surface area contributed by atoms with Crippen LogP contribution in [0.5, 0.6) is 11.5 Å². The number of methoxy groups -OCH3 is 2. The van der Waals surface area contributed by atoms with Crippen molar-refractivity contribution >= 4 is 5.97 Å². The summed E-state index contributed by atoms with van der Waals surface area (Å²) in [4.78, 5) is 17.9. The fourth-order valence-corrected chi connectivity index (χ4v) is 2.39. The molecule has 2 rings (SSSR count). The molecular formula is C17H23N3O5. The molecule has 0 N–H and O–H groups in total. The van der Waals surface area contributed by atoms with E-state index in [-0.39, 0.29) is 12.5 Å². The van der Waals surface area contributed by atoms with E-state index in [2.05, 4.69) is 10.1 Å². The third-order valence-electron chi connectivity index (χ3n) is 3.44. The van der Waals surface area contributed by atoms with E-state index in [1.807, 2.05) is 23.1 Å². The molecular weight excluding hydrogens is 326 g/mol. The molecule has 1 heterocycles. The van der Waals surface area contributed by atoms with Crippen LogP contribution in [0.3, 0.4) is 0 Å². The molecule has 0 aliphatic carbocycles. The first kappa shape index (κ1) is 18.7. The number of carbonyl (C=O) groups is 1. The van der Waals surface area contributed by atoms with Crippen molar-refractivity contribution in [3.05, 3.63) is 35.5 Å². The standard InChI is InChI=1S/C17H23N3O5/c1-5-24-17(21)11-20(10-16-18-12(2)19-25-16)9-13-6-7-14(22-3)15(8-13)23-4/h6-8H,5,9-11H2,1-4H3. The van der Waals surface area contributed by atoms with E-state index in [0.29, 0.717) is 42.9 Å². The van der Waals surface area contributed by atoms with Gasteiger partial charge in [0.1, 0.15) is 0 Å². The van der Waals surface area contributed by atoms with Gasteiger partial charge < -0.3 is 18.7 Å². The maximum Gasteiger partial charge on any atom is 0.320 e. The smallest absolute Gasteiger partial charge is 0.320 e. The third kappa shape index (κ3) is 5.46. The molecule has 0 radical (unpaired) electrons. The molecule has 2 aromatic rings. The van der Waals surface area contributed by atoms with Crippen molar-refractivity contribution < 1.29 is 23.5 Å². The van der Waals surface area contributed by atoms with Crippen LogP contribution in [0.1, 0.15) is 24.2 Å². The monoisotopic (exact) mass is 349 g/mol. The number of ether oxygens (including phenoxy) is 3. The van der Waals surface area contributed by atoms with Gasteiger partial charge in [0.25, 0.3) is 0 Å². The molecule has 8 nitrogen and oxygen atoms in total. The quantitative estimate of drug-likeness (QED) is 0.635. The zero-order valence-corrected chi connectivity index (χ0v) is 14.9. The predicted octanol–water partition coefficient (Wildman–Crippen LogP) is 1.96. The Labute approximate surface area is 146 Å². The zero-order valence-electron chi connectivity index (χ0n) is 14.9. The number of aryl methyl sites for hydroxylation is 1. The highest BCUT2D eigenvalue weighted by atomic mass is 16.5. The summed E-state index contributed by atoms with van der Waals surface area (Å²) < 4.78 is 20.8. The Morgan fingerprint density at radius 1 is 1.20 bits per heavy atom. The lowest BCUT2D eigenvalue weighted by atomic mass is 10.2. The van der Waals surface area contributed by atoms with Crippen LogP contribution in [0.15, 0.2) is 22.7 Å². The Bertz CT molecular complexity index is 701. The zero-order chi connectivity index (χ0) is 18.2. The molecule has 0 fully saturated rings. The van der Waals surface area contributed by atoms with Crippen molar-refractivity contribution in [2.75, 3.05) is 27.4 Å². The van der Waals surface area contributed by atoms with Gasteiger partial charge in [-0.2, -0.15) is 4.98 Å². The molecule has 0 saturated carbocycles. The molecule has 0 atom stereocenters. The first-order valence-electron chi connectivity index (χ1n) is 7.93. The Kier molecular flexibility index (Phi) is 6.76. The fraction of sp³-hybridized carbons (Fsp3) is 0.471. The summed E-state index contributed by atoms with van der Waals surface area (Å²) in [6, 6.07) is 5.61. The molecule has 0 saturated heterocycles. The second-order valence-electron chi connectivity index (χ2n) is 5.37. The van der Waals surface area contributed by atoms with E-state index in [1.165, 1.54) is 0 Å². The minimum atomic E-state index is -0.306. The average molecular weight is 349 g/mol. The summed E-state index contributed by atoms with van der Waals surface area (Å²) in [5.41, 5.74) is 0.957. The highest BCUT2D eigenvalue weighted by Gasteiger charge is 2.17. The Morgan fingerprint density at radius 3 is 2.56 bits per heavy atom. The highest BCUT2D eigenvalue weighted by molar-refractivity contribution is 5.71. The van der Waals surface area contributed by atoms with E-state index in [4.69, 9.17) is 18.7 Å². The van der Waals surface area contributed by atoms with Crippen LogP contribution < -0.4 is 9.47 Å². The van der Waals surface area contributed by atoms with Crippen LogP contribution in [0.4, 0.5) is 0 Å². The number of benzene rings is 1. The van der Waals surface area contributed by atoms with Crippen LogP contribution in [-0.4, -0.2) is 48.4 Å². The van der Waals surface area contributed by atoms with Crippen LogP contribution in [0.2, 0.25) is 0 Å². The predicted molar refractivity (Wildman–Crippen MR) is 89.3 cm³/mol. The van der Waals surface area contributed by atoms with Gasteiger partial charge in [-0.15, -0.1) is 0 Å². The van der Waals surface area contributed by atoms with E-state index < -0.39 is 0 Å². The molecule has 8 heteroatoms. The maximum absolute atomic E-state index is 11.9.